The molecule has 9 heteroatoms. The van der Waals surface area contributed by atoms with Crippen LogP contribution < -0.4 is 24.3 Å². The van der Waals surface area contributed by atoms with Crippen LogP contribution in [0, 0.1) is 0 Å². The molecule has 0 aliphatic carbocycles. The second kappa shape index (κ2) is 10.3. The highest BCUT2D eigenvalue weighted by Crippen LogP contribution is 2.41. The maximum atomic E-state index is 13.3. The Hall–Kier alpha value is -4.40. The molecule has 0 saturated heterocycles. The molecule has 1 heterocycles. The van der Waals surface area contributed by atoms with E-state index < -0.39 is 12.5 Å². The van der Waals surface area contributed by atoms with Gasteiger partial charge in [-0.2, -0.15) is 8.78 Å². The number of nitrogens with zero attached hydrogens (tertiary/aromatic N) is 1. The number of para-hydroxylation sites is 3. The van der Waals surface area contributed by atoms with E-state index in [0.717, 1.165) is 0 Å². The van der Waals surface area contributed by atoms with Gasteiger partial charge in [0, 0.05) is 10.9 Å². The summed E-state index contributed by atoms with van der Waals surface area (Å²) in [5.74, 6) is 0.636. The molecule has 0 aliphatic heterocycles. The van der Waals surface area contributed by atoms with Crippen molar-refractivity contribution < 1.29 is 32.5 Å². The van der Waals surface area contributed by atoms with E-state index in [4.69, 9.17) is 19.2 Å². The summed E-state index contributed by atoms with van der Waals surface area (Å²) < 4.78 is 46.4. The van der Waals surface area contributed by atoms with Crippen LogP contribution in [0.4, 0.5) is 14.5 Å². The molecule has 1 N–H and O–H groups in total. The molecular weight excluding hydrogens is 458 g/mol. The Kier molecular flexibility index (Phi) is 6.96. The number of nitrogens with one attached hydrogen (secondary N) is 1. The molecular formula is C26H22F2N2O5. The highest BCUT2D eigenvalue weighted by atomic mass is 19.3. The van der Waals surface area contributed by atoms with Crippen LogP contribution in [0.5, 0.6) is 23.0 Å². The number of hydrogen-bond acceptors (Lipinski definition) is 6. The van der Waals surface area contributed by atoms with Gasteiger partial charge in [0.25, 0.3) is 5.91 Å². The number of benzene rings is 3. The summed E-state index contributed by atoms with van der Waals surface area (Å²) in [5, 5.41) is 3.26. The van der Waals surface area contributed by atoms with Gasteiger partial charge >= 0.3 is 6.61 Å². The third-order valence-corrected chi connectivity index (χ3v) is 5.27. The largest absolute Gasteiger partial charge is 0.493 e. The molecule has 4 aromatic rings. The summed E-state index contributed by atoms with van der Waals surface area (Å²) in [7, 11) is 4.52. The number of carbonyl (C=O) groups is 1. The summed E-state index contributed by atoms with van der Waals surface area (Å²) in [6.45, 7) is -3.03. The molecule has 35 heavy (non-hydrogen) atoms. The summed E-state index contributed by atoms with van der Waals surface area (Å²) in [4.78, 5) is 18.0. The zero-order chi connectivity index (χ0) is 24.9. The van der Waals surface area contributed by atoms with Crippen LogP contribution in [0.2, 0.25) is 0 Å². The third-order valence-electron chi connectivity index (χ3n) is 5.27. The van der Waals surface area contributed by atoms with E-state index in [9.17, 15) is 13.6 Å². The molecule has 0 fully saturated rings. The van der Waals surface area contributed by atoms with Gasteiger partial charge in [0.1, 0.15) is 5.75 Å². The number of alkyl halides is 2. The number of rotatable bonds is 8. The van der Waals surface area contributed by atoms with Crippen LogP contribution >= 0.6 is 0 Å². The number of amides is 1. The second-order valence-corrected chi connectivity index (χ2v) is 7.32. The van der Waals surface area contributed by atoms with Crippen molar-refractivity contribution in [2.24, 2.45) is 0 Å². The number of aromatic nitrogens is 1. The molecule has 0 bridgehead atoms. The minimum Gasteiger partial charge on any atom is -0.493 e. The zero-order valence-corrected chi connectivity index (χ0v) is 19.2. The van der Waals surface area contributed by atoms with E-state index in [-0.39, 0.29) is 11.4 Å². The van der Waals surface area contributed by atoms with Crippen molar-refractivity contribution in [1.29, 1.82) is 0 Å². The first-order valence-electron chi connectivity index (χ1n) is 10.5. The Bertz CT molecular complexity index is 1350. The molecule has 0 radical (unpaired) electrons. The molecule has 1 aromatic heterocycles. The smallest absolute Gasteiger partial charge is 0.387 e. The van der Waals surface area contributed by atoms with Gasteiger partial charge in [-0.1, -0.05) is 30.3 Å². The van der Waals surface area contributed by atoms with E-state index >= 15 is 0 Å². The second-order valence-electron chi connectivity index (χ2n) is 7.32. The number of anilines is 1. The first-order valence-corrected chi connectivity index (χ1v) is 10.5. The summed E-state index contributed by atoms with van der Waals surface area (Å²) >= 11 is 0. The van der Waals surface area contributed by atoms with Crippen molar-refractivity contribution in [2.45, 2.75) is 6.61 Å². The fourth-order valence-electron chi connectivity index (χ4n) is 3.70. The molecule has 4 rings (SSSR count). The summed E-state index contributed by atoms with van der Waals surface area (Å²) in [6, 6.07) is 18.2. The topological polar surface area (TPSA) is 78.9 Å². The normalized spacial score (nSPS) is 10.8. The van der Waals surface area contributed by atoms with E-state index in [0.29, 0.717) is 45.0 Å². The number of methoxy groups -OCH3 is 3. The highest BCUT2D eigenvalue weighted by molar-refractivity contribution is 6.13. The Labute approximate surface area is 200 Å². The third kappa shape index (κ3) is 4.93. The predicted octanol–water partition coefficient (Wildman–Crippen LogP) is 5.78. The van der Waals surface area contributed by atoms with Crippen LogP contribution in [0.25, 0.3) is 22.2 Å². The number of hydrogen-bond donors (Lipinski definition) is 1. The molecule has 0 unspecified atom stereocenters. The molecule has 0 spiro atoms. The Morgan fingerprint density at radius 1 is 0.857 bits per heavy atom. The van der Waals surface area contributed by atoms with Gasteiger partial charge in [-0.3, -0.25) is 4.79 Å². The van der Waals surface area contributed by atoms with Gasteiger partial charge in [-0.15, -0.1) is 0 Å². The van der Waals surface area contributed by atoms with Crippen LogP contribution in [-0.4, -0.2) is 38.8 Å². The molecule has 0 aliphatic rings. The van der Waals surface area contributed by atoms with Crippen molar-refractivity contribution in [3.63, 3.8) is 0 Å². The fraction of sp³-hybridized carbons (Fsp3) is 0.154. The van der Waals surface area contributed by atoms with E-state index in [1.807, 2.05) is 6.07 Å². The van der Waals surface area contributed by atoms with Crippen molar-refractivity contribution in [2.75, 3.05) is 26.6 Å². The predicted molar refractivity (Wildman–Crippen MR) is 128 cm³/mol. The minimum atomic E-state index is -3.03. The lowest BCUT2D eigenvalue weighted by Gasteiger charge is -2.16. The average molecular weight is 480 g/mol. The van der Waals surface area contributed by atoms with Crippen molar-refractivity contribution in [3.05, 3.63) is 72.3 Å². The number of fused-ring (bicyclic) bond motifs is 1. The van der Waals surface area contributed by atoms with E-state index in [2.05, 4.69) is 10.1 Å². The molecule has 0 atom stereocenters. The standard InChI is InChI=1S/C26H22F2N2O5/c1-32-22-12-15(13-23(33-2)24(22)34-3)20-14-17(16-8-4-5-9-18(16)29-20)25(31)30-19-10-6-7-11-21(19)35-26(27)28/h4-14,26H,1-3H3,(H,30,31). The van der Waals surface area contributed by atoms with E-state index in [1.165, 1.54) is 39.5 Å². The Morgan fingerprint density at radius 3 is 2.17 bits per heavy atom. The van der Waals surface area contributed by atoms with Crippen LogP contribution in [0.3, 0.4) is 0 Å². The first kappa shape index (κ1) is 23.7. The van der Waals surface area contributed by atoms with Gasteiger partial charge in [0.2, 0.25) is 5.75 Å². The monoisotopic (exact) mass is 480 g/mol. The molecule has 1 amide bonds. The van der Waals surface area contributed by atoms with Crippen LogP contribution in [-0.2, 0) is 0 Å². The van der Waals surface area contributed by atoms with Crippen LogP contribution in [0.15, 0.2) is 66.7 Å². The zero-order valence-electron chi connectivity index (χ0n) is 19.2. The number of pyridine rings is 1. The molecule has 180 valence electrons. The molecule has 7 nitrogen and oxygen atoms in total. The molecule has 3 aromatic carbocycles. The van der Waals surface area contributed by atoms with Gasteiger partial charge < -0.3 is 24.3 Å². The van der Waals surface area contributed by atoms with Gasteiger partial charge in [0.05, 0.1) is 43.8 Å². The molecule has 0 saturated carbocycles. The lowest BCUT2D eigenvalue weighted by molar-refractivity contribution is -0.0493. The Balaban J connectivity index is 1.82. The average Bonchev–Trinajstić information content (AvgIpc) is 2.87. The van der Waals surface area contributed by atoms with Crippen molar-refractivity contribution in [3.8, 4) is 34.3 Å². The summed E-state index contributed by atoms with van der Waals surface area (Å²) in [5.41, 5.74) is 2.09. The quantitative estimate of drug-likeness (QED) is 0.344. The van der Waals surface area contributed by atoms with Crippen LogP contribution in [0.1, 0.15) is 10.4 Å². The lowest BCUT2D eigenvalue weighted by atomic mass is 10.0. The Morgan fingerprint density at radius 2 is 1.51 bits per heavy atom. The van der Waals surface area contributed by atoms with E-state index in [1.54, 1.807) is 42.5 Å². The number of ether oxygens (including phenoxy) is 4. The number of halogens is 2. The highest BCUT2D eigenvalue weighted by Gasteiger charge is 2.19. The van der Waals surface area contributed by atoms with Gasteiger partial charge in [0.15, 0.2) is 11.5 Å². The van der Waals surface area contributed by atoms with Gasteiger partial charge in [-0.05, 0) is 36.4 Å². The van der Waals surface area contributed by atoms with Crippen molar-refractivity contribution in [1.82, 2.24) is 4.98 Å². The fourth-order valence-corrected chi connectivity index (χ4v) is 3.70. The van der Waals surface area contributed by atoms with Gasteiger partial charge in [-0.25, -0.2) is 4.98 Å². The number of carbonyl (C=O) groups excluding carboxylic acids is 1. The lowest BCUT2D eigenvalue weighted by Crippen LogP contribution is -2.15. The maximum absolute atomic E-state index is 13.3. The SMILES string of the molecule is COc1cc(-c2cc(C(=O)Nc3ccccc3OC(F)F)c3ccccc3n2)cc(OC)c1OC. The first-order chi connectivity index (χ1) is 16.9. The van der Waals surface area contributed by atoms with Crippen molar-refractivity contribution >= 4 is 22.5 Å². The maximum Gasteiger partial charge on any atom is 0.387 e. The summed E-state index contributed by atoms with van der Waals surface area (Å²) in [6.07, 6.45) is 0. The minimum absolute atomic E-state index is 0.119.